The van der Waals surface area contributed by atoms with Gasteiger partial charge >= 0.3 is 0 Å². The van der Waals surface area contributed by atoms with Crippen LogP contribution in [0.4, 0.5) is 0 Å². The van der Waals surface area contributed by atoms with Gasteiger partial charge in [0.05, 0.1) is 12.2 Å². The summed E-state index contributed by atoms with van der Waals surface area (Å²) in [5, 5.41) is 33.4. The molecule has 140 valence electrons. The predicted molar refractivity (Wildman–Crippen MR) is 96.9 cm³/mol. The average molecular weight is 349 g/mol. The lowest BCUT2D eigenvalue weighted by Gasteiger charge is -2.30. The molecule has 5 nitrogen and oxygen atoms in total. The number of carbonyl (C=O) groups excluding carboxylic acids is 1. The van der Waals surface area contributed by atoms with E-state index in [1.165, 1.54) is 0 Å². The van der Waals surface area contributed by atoms with Crippen LogP contribution in [0.5, 0.6) is 0 Å². The van der Waals surface area contributed by atoms with E-state index in [1.54, 1.807) is 0 Å². The number of hydrogen-bond acceptors (Lipinski definition) is 4. The Kier molecular flexibility index (Phi) is 7.41. The summed E-state index contributed by atoms with van der Waals surface area (Å²) < 4.78 is 0. The minimum absolute atomic E-state index is 0.214. The van der Waals surface area contributed by atoms with E-state index in [4.69, 9.17) is 0 Å². The second-order valence-electron chi connectivity index (χ2n) is 7.57. The Balaban J connectivity index is 2.04. The summed E-state index contributed by atoms with van der Waals surface area (Å²) in [6, 6.07) is 9.57. The van der Waals surface area contributed by atoms with Crippen LogP contribution in [-0.4, -0.2) is 45.6 Å². The fourth-order valence-corrected chi connectivity index (χ4v) is 3.68. The van der Waals surface area contributed by atoms with E-state index in [2.05, 4.69) is 5.32 Å². The molecule has 0 bridgehead atoms. The minimum atomic E-state index is -1.06. The first-order valence-corrected chi connectivity index (χ1v) is 9.27. The Morgan fingerprint density at radius 3 is 2.32 bits per heavy atom. The van der Waals surface area contributed by atoms with Gasteiger partial charge in [-0.15, -0.1) is 0 Å². The van der Waals surface area contributed by atoms with Gasteiger partial charge in [-0.3, -0.25) is 4.79 Å². The molecule has 0 saturated heterocycles. The van der Waals surface area contributed by atoms with Gasteiger partial charge in [-0.1, -0.05) is 44.2 Å². The SMILES string of the molecule is CC(C)C[C@H](O)C(=O)N[C@@H](CCc1ccccc1)C1C(O)CCC1O. The number of nitrogens with one attached hydrogen (secondary N) is 1. The van der Waals surface area contributed by atoms with E-state index < -0.39 is 24.2 Å². The van der Waals surface area contributed by atoms with Gasteiger partial charge in [0.2, 0.25) is 5.91 Å². The third-order valence-electron chi connectivity index (χ3n) is 5.02. The summed E-state index contributed by atoms with van der Waals surface area (Å²) in [5.74, 6) is -0.594. The van der Waals surface area contributed by atoms with Crippen molar-refractivity contribution in [2.75, 3.05) is 0 Å². The highest BCUT2D eigenvalue weighted by atomic mass is 16.3. The molecule has 1 saturated carbocycles. The largest absolute Gasteiger partial charge is 0.393 e. The van der Waals surface area contributed by atoms with Gasteiger partial charge in [0.15, 0.2) is 0 Å². The van der Waals surface area contributed by atoms with Gasteiger partial charge in [0, 0.05) is 12.0 Å². The van der Waals surface area contributed by atoms with E-state index >= 15 is 0 Å². The first-order chi connectivity index (χ1) is 11.9. The summed E-state index contributed by atoms with van der Waals surface area (Å²) in [4.78, 5) is 12.3. The normalized spacial score (nSPS) is 25.8. The fourth-order valence-electron chi connectivity index (χ4n) is 3.68. The van der Waals surface area contributed by atoms with Gasteiger partial charge in [-0.25, -0.2) is 0 Å². The van der Waals surface area contributed by atoms with Gasteiger partial charge in [-0.05, 0) is 43.6 Å². The molecule has 0 aromatic heterocycles. The number of hydrogen-bond donors (Lipinski definition) is 4. The Morgan fingerprint density at radius 2 is 1.76 bits per heavy atom. The molecule has 1 aliphatic carbocycles. The van der Waals surface area contributed by atoms with Crippen LogP contribution in [0.15, 0.2) is 30.3 Å². The zero-order valence-electron chi connectivity index (χ0n) is 15.1. The van der Waals surface area contributed by atoms with Crippen LogP contribution in [-0.2, 0) is 11.2 Å². The molecule has 1 aliphatic rings. The number of amides is 1. The molecule has 0 heterocycles. The van der Waals surface area contributed by atoms with Crippen LogP contribution in [0.1, 0.15) is 45.1 Å². The maximum absolute atomic E-state index is 12.3. The molecule has 4 atom stereocenters. The van der Waals surface area contributed by atoms with Gasteiger partial charge in [0.1, 0.15) is 6.10 Å². The number of rotatable bonds is 8. The van der Waals surface area contributed by atoms with Crippen molar-refractivity contribution < 1.29 is 20.1 Å². The topological polar surface area (TPSA) is 89.8 Å². The van der Waals surface area contributed by atoms with Gasteiger partial charge < -0.3 is 20.6 Å². The Hall–Kier alpha value is -1.43. The number of aliphatic hydroxyl groups is 3. The Labute approximate surface area is 150 Å². The Morgan fingerprint density at radius 1 is 1.16 bits per heavy atom. The third-order valence-corrected chi connectivity index (χ3v) is 5.02. The molecule has 1 aromatic rings. The molecule has 1 amide bonds. The van der Waals surface area contributed by atoms with E-state index in [0.717, 1.165) is 12.0 Å². The lowest BCUT2D eigenvalue weighted by atomic mass is 9.89. The van der Waals surface area contributed by atoms with E-state index in [1.807, 2.05) is 44.2 Å². The molecule has 4 N–H and O–H groups in total. The van der Waals surface area contributed by atoms with Crippen molar-refractivity contribution in [2.24, 2.45) is 11.8 Å². The number of benzene rings is 1. The number of aliphatic hydroxyl groups excluding tert-OH is 3. The lowest BCUT2D eigenvalue weighted by Crippen LogP contribution is -2.50. The minimum Gasteiger partial charge on any atom is -0.393 e. The highest BCUT2D eigenvalue weighted by Crippen LogP contribution is 2.31. The van der Waals surface area contributed by atoms with Crippen LogP contribution < -0.4 is 5.32 Å². The van der Waals surface area contributed by atoms with E-state index in [9.17, 15) is 20.1 Å². The fraction of sp³-hybridized carbons (Fsp3) is 0.650. The molecule has 0 radical (unpaired) electrons. The molecule has 25 heavy (non-hydrogen) atoms. The quantitative estimate of drug-likeness (QED) is 0.574. The maximum atomic E-state index is 12.3. The molecule has 5 heteroatoms. The molecular formula is C20H31NO4. The van der Waals surface area contributed by atoms with Gasteiger partial charge in [-0.2, -0.15) is 0 Å². The van der Waals surface area contributed by atoms with Crippen molar-refractivity contribution in [2.45, 2.75) is 70.3 Å². The third kappa shape index (κ3) is 5.80. The zero-order chi connectivity index (χ0) is 18.4. The second kappa shape index (κ2) is 9.32. The van der Waals surface area contributed by atoms with Crippen molar-refractivity contribution in [1.82, 2.24) is 5.32 Å². The van der Waals surface area contributed by atoms with Crippen LogP contribution >= 0.6 is 0 Å². The summed E-state index contributed by atoms with van der Waals surface area (Å²) >= 11 is 0. The van der Waals surface area contributed by atoms with Crippen LogP contribution in [0.2, 0.25) is 0 Å². The first kappa shape index (κ1) is 19.9. The molecule has 1 aromatic carbocycles. The monoisotopic (exact) mass is 349 g/mol. The van der Waals surface area contributed by atoms with Crippen LogP contribution in [0.3, 0.4) is 0 Å². The van der Waals surface area contributed by atoms with E-state index in [0.29, 0.717) is 25.7 Å². The average Bonchev–Trinajstić information content (AvgIpc) is 2.90. The second-order valence-corrected chi connectivity index (χ2v) is 7.57. The lowest BCUT2D eigenvalue weighted by molar-refractivity contribution is -0.131. The van der Waals surface area contributed by atoms with E-state index in [-0.39, 0.29) is 17.9 Å². The standard InChI is InChI=1S/C20H31NO4/c1-13(2)12-18(24)20(25)21-15(19-16(22)10-11-17(19)23)9-8-14-6-4-3-5-7-14/h3-7,13,15-19,22-24H,8-12H2,1-2H3,(H,21,25)/t15-,16?,17?,18-,19?/m0/s1. The molecule has 2 unspecified atom stereocenters. The van der Waals surface area contributed by atoms with Crippen molar-refractivity contribution in [1.29, 1.82) is 0 Å². The first-order valence-electron chi connectivity index (χ1n) is 9.27. The summed E-state index contributed by atoms with van der Waals surface area (Å²) in [7, 11) is 0. The number of aryl methyl sites for hydroxylation is 1. The molecule has 1 fully saturated rings. The van der Waals surface area contributed by atoms with Crippen LogP contribution in [0.25, 0.3) is 0 Å². The molecule has 0 spiro atoms. The highest BCUT2D eigenvalue weighted by Gasteiger charge is 2.40. The summed E-state index contributed by atoms with van der Waals surface area (Å²) in [6.45, 7) is 3.90. The predicted octanol–water partition coefficient (Wildman–Crippen LogP) is 1.64. The van der Waals surface area contributed by atoms with Crippen molar-refractivity contribution >= 4 is 5.91 Å². The van der Waals surface area contributed by atoms with Crippen molar-refractivity contribution in [3.63, 3.8) is 0 Å². The maximum Gasteiger partial charge on any atom is 0.249 e. The van der Waals surface area contributed by atoms with Crippen LogP contribution in [0, 0.1) is 11.8 Å². The zero-order valence-corrected chi connectivity index (χ0v) is 15.1. The summed E-state index contributed by atoms with van der Waals surface area (Å²) in [5.41, 5.74) is 1.14. The highest BCUT2D eigenvalue weighted by molar-refractivity contribution is 5.80. The Bertz CT molecular complexity index is 524. The molecule has 0 aliphatic heterocycles. The number of carbonyl (C=O) groups is 1. The van der Waals surface area contributed by atoms with Crippen molar-refractivity contribution in [3.8, 4) is 0 Å². The van der Waals surface area contributed by atoms with Gasteiger partial charge in [0.25, 0.3) is 0 Å². The smallest absolute Gasteiger partial charge is 0.249 e. The van der Waals surface area contributed by atoms with Crippen molar-refractivity contribution in [3.05, 3.63) is 35.9 Å². The summed E-state index contributed by atoms with van der Waals surface area (Å²) in [6.07, 6.45) is 0.514. The molecular weight excluding hydrogens is 318 g/mol. The molecule has 2 rings (SSSR count).